The molecule has 1 aromatic carbocycles. The molecule has 1 atom stereocenters. The van der Waals surface area contributed by atoms with E-state index in [9.17, 15) is 4.39 Å². The van der Waals surface area contributed by atoms with Crippen molar-refractivity contribution in [2.45, 2.75) is 31.2 Å². The van der Waals surface area contributed by atoms with Crippen molar-refractivity contribution in [1.29, 1.82) is 0 Å². The Bertz CT molecular complexity index is 331. The van der Waals surface area contributed by atoms with Gasteiger partial charge in [0.15, 0.2) is 0 Å². The molecule has 0 bridgehead atoms. The number of hydrogen-bond acceptors (Lipinski definition) is 1. The van der Waals surface area contributed by atoms with Crippen molar-refractivity contribution in [3.63, 3.8) is 0 Å². The number of rotatable bonds is 3. The van der Waals surface area contributed by atoms with Gasteiger partial charge in [-0.2, -0.15) is 0 Å². The lowest BCUT2D eigenvalue weighted by Crippen LogP contribution is -2.32. The van der Waals surface area contributed by atoms with Gasteiger partial charge in [0.25, 0.3) is 0 Å². The molecule has 2 N–H and O–H groups in total. The SMILES string of the molecule is Cc1cccc(C(CF)C2(N)CC2)c1. The number of nitrogens with two attached hydrogens (primary N) is 1. The van der Waals surface area contributed by atoms with Crippen molar-refractivity contribution in [3.05, 3.63) is 35.4 Å². The summed E-state index contributed by atoms with van der Waals surface area (Å²) in [7, 11) is 0. The van der Waals surface area contributed by atoms with Crippen LogP contribution in [0.2, 0.25) is 0 Å². The molecule has 14 heavy (non-hydrogen) atoms. The fourth-order valence-corrected chi connectivity index (χ4v) is 1.95. The van der Waals surface area contributed by atoms with E-state index < -0.39 is 0 Å². The maximum Gasteiger partial charge on any atom is 0.0980 e. The van der Waals surface area contributed by atoms with Crippen LogP contribution >= 0.6 is 0 Å². The summed E-state index contributed by atoms with van der Waals surface area (Å²) in [4.78, 5) is 0. The first-order valence-electron chi connectivity index (χ1n) is 5.07. The van der Waals surface area contributed by atoms with Crippen LogP contribution in [0.1, 0.15) is 29.9 Å². The zero-order valence-electron chi connectivity index (χ0n) is 8.46. The highest BCUT2D eigenvalue weighted by molar-refractivity contribution is 5.30. The molecule has 0 aliphatic heterocycles. The average molecular weight is 193 g/mol. The molecule has 1 unspecified atom stereocenters. The minimum Gasteiger partial charge on any atom is -0.324 e. The van der Waals surface area contributed by atoms with Crippen molar-refractivity contribution >= 4 is 0 Å². The van der Waals surface area contributed by atoms with Gasteiger partial charge in [-0.3, -0.25) is 4.39 Å². The van der Waals surface area contributed by atoms with E-state index in [4.69, 9.17) is 5.73 Å². The first kappa shape index (κ1) is 9.66. The first-order chi connectivity index (χ1) is 6.65. The Morgan fingerprint density at radius 2 is 2.21 bits per heavy atom. The molecule has 1 aromatic rings. The highest BCUT2D eigenvalue weighted by atomic mass is 19.1. The molecular weight excluding hydrogens is 177 g/mol. The van der Waals surface area contributed by atoms with E-state index in [-0.39, 0.29) is 18.1 Å². The number of hydrogen-bond donors (Lipinski definition) is 1. The van der Waals surface area contributed by atoms with Gasteiger partial charge in [0, 0.05) is 11.5 Å². The number of alkyl halides is 1. The van der Waals surface area contributed by atoms with Crippen LogP contribution in [0.5, 0.6) is 0 Å². The number of aryl methyl sites for hydroxylation is 1. The molecule has 1 nitrogen and oxygen atoms in total. The van der Waals surface area contributed by atoms with Crippen LogP contribution in [0.3, 0.4) is 0 Å². The Morgan fingerprint density at radius 1 is 1.50 bits per heavy atom. The molecule has 76 valence electrons. The molecule has 0 spiro atoms. The van der Waals surface area contributed by atoms with Crippen molar-refractivity contribution < 1.29 is 4.39 Å². The van der Waals surface area contributed by atoms with Crippen LogP contribution in [-0.4, -0.2) is 12.2 Å². The smallest absolute Gasteiger partial charge is 0.0980 e. The van der Waals surface area contributed by atoms with Gasteiger partial charge in [-0.25, -0.2) is 0 Å². The molecule has 1 saturated carbocycles. The second-order valence-electron chi connectivity index (χ2n) is 4.35. The summed E-state index contributed by atoms with van der Waals surface area (Å²) >= 11 is 0. The maximum absolute atomic E-state index is 12.9. The minimum absolute atomic E-state index is 0.109. The van der Waals surface area contributed by atoms with Crippen molar-refractivity contribution in [2.24, 2.45) is 5.73 Å². The van der Waals surface area contributed by atoms with E-state index in [0.717, 1.165) is 18.4 Å². The highest BCUT2D eigenvalue weighted by Crippen LogP contribution is 2.45. The lowest BCUT2D eigenvalue weighted by molar-refractivity contribution is 0.376. The molecule has 1 aliphatic carbocycles. The lowest BCUT2D eigenvalue weighted by atomic mass is 9.90. The fourth-order valence-electron chi connectivity index (χ4n) is 1.95. The second kappa shape index (κ2) is 3.35. The zero-order valence-corrected chi connectivity index (χ0v) is 8.46. The molecule has 0 heterocycles. The van der Waals surface area contributed by atoms with Gasteiger partial charge in [0.2, 0.25) is 0 Å². The summed E-state index contributed by atoms with van der Waals surface area (Å²) < 4.78 is 12.9. The third-order valence-electron chi connectivity index (χ3n) is 3.12. The maximum atomic E-state index is 12.9. The molecule has 0 amide bonds. The van der Waals surface area contributed by atoms with Crippen LogP contribution in [-0.2, 0) is 0 Å². The Balaban J connectivity index is 2.27. The van der Waals surface area contributed by atoms with Gasteiger partial charge in [-0.05, 0) is 25.3 Å². The summed E-state index contributed by atoms with van der Waals surface area (Å²) in [5, 5.41) is 0. The third kappa shape index (κ3) is 1.67. The third-order valence-corrected chi connectivity index (χ3v) is 3.12. The van der Waals surface area contributed by atoms with E-state index in [1.165, 1.54) is 5.56 Å². The predicted octanol–water partition coefficient (Wildman–Crippen LogP) is 2.54. The molecule has 0 radical (unpaired) electrons. The van der Waals surface area contributed by atoms with Gasteiger partial charge in [-0.1, -0.05) is 29.8 Å². The van der Waals surface area contributed by atoms with E-state index in [0.29, 0.717) is 0 Å². The first-order valence-corrected chi connectivity index (χ1v) is 5.07. The molecule has 2 heteroatoms. The van der Waals surface area contributed by atoms with E-state index in [2.05, 4.69) is 0 Å². The summed E-state index contributed by atoms with van der Waals surface area (Å²) in [6.07, 6.45) is 1.91. The normalized spacial score (nSPS) is 20.5. The van der Waals surface area contributed by atoms with Crippen LogP contribution in [0.25, 0.3) is 0 Å². The quantitative estimate of drug-likeness (QED) is 0.784. The number of halogens is 1. The Kier molecular flexibility index (Phi) is 2.31. The predicted molar refractivity (Wildman–Crippen MR) is 56.0 cm³/mol. The van der Waals surface area contributed by atoms with E-state index >= 15 is 0 Å². The largest absolute Gasteiger partial charge is 0.324 e. The van der Waals surface area contributed by atoms with Gasteiger partial charge >= 0.3 is 0 Å². The fraction of sp³-hybridized carbons (Fsp3) is 0.500. The molecule has 0 saturated heterocycles. The summed E-state index contributed by atoms with van der Waals surface area (Å²) in [5.74, 6) is -0.109. The Labute approximate surface area is 84.1 Å². The minimum atomic E-state index is -0.347. The average Bonchev–Trinajstić information content (AvgIpc) is 2.85. The Hall–Kier alpha value is -0.890. The monoisotopic (exact) mass is 193 g/mol. The lowest BCUT2D eigenvalue weighted by Gasteiger charge is -2.20. The molecule has 0 aromatic heterocycles. The van der Waals surface area contributed by atoms with E-state index in [1.807, 2.05) is 31.2 Å². The second-order valence-corrected chi connectivity index (χ2v) is 4.35. The van der Waals surface area contributed by atoms with Crippen LogP contribution in [0.15, 0.2) is 24.3 Å². The summed E-state index contributed by atoms with van der Waals surface area (Å²) in [6.45, 7) is 1.68. The van der Waals surface area contributed by atoms with Crippen molar-refractivity contribution in [2.75, 3.05) is 6.67 Å². The van der Waals surface area contributed by atoms with Gasteiger partial charge < -0.3 is 5.73 Å². The standard InChI is InChI=1S/C12H16FN/c1-9-3-2-4-10(7-9)11(8-13)12(14)5-6-12/h2-4,7,11H,5-6,8,14H2,1H3. The van der Waals surface area contributed by atoms with Crippen LogP contribution in [0.4, 0.5) is 4.39 Å². The van der Waals surface area contributed by atoms with Crippen LogP contribution < -0.4 is 5.73 Å². The van der Waals surface area contributed by atoms with Crippen molar-refractivity contribution in [3.8, 4) is 0 Å². The zero-order chi connectivity index (χ0) is 10.2. The molecular formula is C12H16FN. The van der Waals surface area contributed by atoms with Crippen molar-refractivity contribution in [1.82, 2.24) is 0 Å². The van der Waals surface area contributed by atoms with Gasteiger partial charge in [-0.15, -0.1) is 0 Å². The summed E-state index contributed by atoms with van der Waals surface area (Å²) in [6, 6.07) is 8.01. The van der Waals surface area contributed by atoms with Gasteiger partial charge in [0.1, 0.15) is 0 Å². The topological polar surface area (TPSA) is 26.0 Å². The number of benzene rings is 1. The molecule has 1 aliphatic rings. The van der Waals surface area contributed by atoms with Gasteiger partial charge in [0.05, 0.1) is 6.67 Å². The van der Waals surface area contributed by atoms with E-state index in [1.54, 1.807) is 0 Å². The highest BCUT2D eigenvalue weighted by Gasteiger charge is 2.46. The summed E-state index contributed by atoms with van der Waals surface area (Å²) in [5.41, 5.74) is 8.00. The Morgan fingerprint density at radius 3 is 2.71 bits per heavy atom. The molecule has 2 rings (SSSR count). The van der Waals surface area contributed by atoms with Crippen LogP contribution in [0, 0.1) is 6.92 Å². The molecule has 1 fully saturated rings.